The molecule has 0 aromatic heterocycles. The zero-order valence-corrected chi connectivity index (χ0v) is 5.50. The molecule has 3 N–H and O–H groups in total. The fraction of sp³-hybridized carbons (Fsp3) is 0.400. The van der Waals surface area contributed by atoms with Crippen LogP contribution in [-0.4, -0.2) is 22.8 Å². The first-order valence-corrected chi connectivity index (χ1v) is 2.57. The molecule has 2 amide bonds. The predicted molar refractivity (Wildman–Crippen MR) is 34.9 cm³/mol. The average Bonchev–Trinajstić information content (AvgIpc) is 1.58. The maximum atomic E-state index is 10.0. The number of carbonyl (C=O) groups is 2. The monoisotopic (exact) mass is 144 g/mol. The topological polar surface area (TPSA) is 92.8 Å². The minimum absolute atomic E-state index is 0.208. The lowest BCUT2D eigenvalue weighted by Crippen LogP contribution is -2.10. The normalized spacial score (nSPS) is 11.1. The summed E-state index contributed by atoms with van der Waals surface area (Å²) in [6.45, 7) is 1.43. The zero-order chi connectivity index (χ0) is 8.15. The summed E-state index contributed by atoms with van der Waals surface area (Å²) in [5.74, 6) is -1.03. The molecule has 0 saturated heterocycles. The van der Waals surface area contributed by atoms with E-state index in [0.29, 0.717) is 0 Å². The first-order chi connectivity index (χ1) is 4.52. The van der Waals surface area contributed by atoms with Crippen LogP contribution in [0.3, 0.4) is 0 Å². The second-order valence-corrected chi connectivity index (χ2v) is 1.76. The van der Waals surface area contributed by atoms with Gasteiger partial charge in [-0.2, -0.15) is 0 Å². The van der Waals surface area contributed by atoms with E-state index in [9.17, 15) is 9.59 Å². The highest BCUT2D eigenvalue weighted by Gasteiger charge is 2.00. The second kappa shape index (κ2) is 3.60. The number of aliphatic carboxylic acids is 1. The molecule has 10 heavy (non-hydrogen) atoms. The van der Waals surface area contributed by atoms with Crippen LogP contribution in [-0.2, 0) is 4.79 Å². The van der Waals surface area contributed by atoms with E-state index in [1.165, 1.54) is 6.92 Å². The van der Waals surface area contributed by atoms with Gasteiger partial charge in [0.15, 0.2) is 0 Å². The Morgan fingerprint density at radius 3 is 2.40 bits per heavy atom. The molecule has 5 nitrogen and oxygen atoms in total. The first kappa shape index (κ1) is 8.61. The van der Waals surface area contributed by atoms with Gasteiger partial charge in [0.1, 0.15) is 0 Å². The molecule has 0 bridgehead atoms. The van der Waals surface area contributed by atoms with Crippen LogP contribution in [0.1, 0.15) is 13.3 Å². The van der Waals surface area contributed by atoms with E-state index >= 15 is 0 Å². The van der Waals surface area contributed by atoms with Crippen molar-refractivity contribution in [2.75, 3.05) is 0 Å². The Morgan fingerprint density at radius 1 is 1.60 bits per heavy atom. The van der Waals surface area contributed by atoms with Crippen LogP contribution in [0.15, 0.2) is 4.99 Å². The van der Waals surface area contributed by atoms with Crippen LogP contribution < -0.4 is 5.73 Å². The molecule has 0 rings (SSSR count). The van der Waals surface area contributed by atoms with Gasteiger partial charge in [0.05, 0.1) is 6.42 Å². The predicted octanol–water partition coefficient (Wildman–Crippen LogP) is 0.000700. The van der Waals surface area contributed by atoms with E-state index in [1.54, 1.807) is 0 Å². The number of hydrogen-bond acceptors (Lipinski definition) is 2. The Kier molecular flexibility index (Phi) is 3.10. The van der Waals surface area contributed by atoms with Crippen molar-refractivity contribution in [1.29, 1.82) is 0 Å². The number of nitrogens with zero attached hydrogens (tertiary/aromatic N) is 1. The minimum Gasteiger partial charge on any atom is -0.481 e. The summed E-state index contributed by atoms with van der Waals surface area (Å²) in [5.41, 5.74) is 4.86. The van der Waals surface area contributed by atoms with Gasteiger partial charge in [0.2, 0.25) is 0 Å². The first-order valence-electron chi connectivity index (χ1n) is 2.57. The molecule has 0 spiro atoms. The number of amides is 2. The molecule has 0 aliphatic heterocycles. The van der Waals surface area contributed by atoms with Gasteiger partial charge in [0.25, 0.3) is 0 Å². The number of nitrogens with two attached hydrogens (primary N) is 1. The number of carbonyl (C=O) groups excluding carboxylic acids is 1. The lowest BCUT2D eigenvalue weighted by Gasteiger charge is -1.90. The number of aliphatic imine (C=N–C) groups is 1. The number of hydrogen-bond donors (Lipinski definition) is 2. The van der Waals surface area contributed by atoms with Crippen molar-refractivity contribution in [2.24, 2.45) is 10.7 Å². The molecule has 0 aliphatic carbocycles. The molecule has 0 radical (unpaired) electrons. The lowest BCUT2D eigenvalue weighted by molar-refractivity contribution is -0.135. The molecular formula is C5H8N2O3. The van der Waals surface area contributed by atoms with E-state index in [4.69, 9.17) is 5.11 Å². The van der Waals surface area contributed by atoms with Crippen LogP contribution in [0.2, 0.25) is 0 Å². The van der Waals surface area contributed by atoms with Gasteiger partial charge in [-0.1, -0.05) is 0 Å². The molecule has 0 aliphatic rings. The van der Waals surface area contributed by atoms with Crippen LogP contribution in [0.25, 0.3) is 0 Å². The highest BCUT2D eigenvalue weighted by molar-refractivity contribution is 6.01. The van der Waals surface area contributed by atoms with Gasteiger partial charge in [-0.05, 0) is 6.92 Å². The summed E-state index contributed by atoms with van der Waals surface area (Å²) in [6.07, 6.45) is -0.247. The van der Waals surface area contributed by atoms with Crippen molar-refractivity contribution in [3.05, 3.63) is 0 Å². The van der Waals surface area contributed by atoms with Crippen LogP contribution >= 0.6 is 0 Å². The summed E-state index contributed by atoms with van der Waals surface area (Å²) in [7, 11) is 0. The maximum Gasteiger partial charge on any atom is 0.338 e. The standard InChI is InChI=1S/C5H8N2O3/c1-3(2-4(8)9)7-5(6)10/h2H2,1H3,(H2,6,10)(H,8,9). The number of urea groups is 1. The summed E-state index contributed by atoms with van der Waals surface area (Å²) >= 11 is 0. The SMILES string of the molecule is CC(CC(=O)O)=NC(N)=O. The van der Waals surface area contributed by atoms with E-state index < -0.39 is 12.0 Å². The summed E-state index contributed by atoms with van der Waals surface area (Å²) in [4.78, 5) is 23.2. The Balaban J connectivity index is 3.95. The van der Waals surface area contributed by atoms with E-state index in [2.05, 4.69) is 10.7 Å². The van der Waals surface area contributed by atoms with E-state index in [-0.39, 0.29) is 12.1 Å². The fourth-order valence-corrected chi connectivity index (χ4v) is 0.446. The third-order valence-corrected chi connectivity index (χ3v) is 0.708. The second-order valence-electron chi connectivity index (χ2n) is 1.76. The van der Waals surface area contributed by atoms with Gasteiger partial charge >= 0.3 is 12.0 Å². The summed E-state index contributed by atoms with van der Waals surface area (Å²) < 4.78 is 0. The largest absolute Gasteiger partial charge is 0.481 e. The van der Waals surface area contributed by atoms with Crippen molar-refractivity contribution in [1.82, 2.24) is 0 Å². The smallest absolute Gasteiger partial charge is 0.338 e. The zero-order valence-electron chi connectivity index (χ0n) is 5.50. The van der Waals surface area contributed by atoms with Gasteiger partial charge in [-0.15, -0.1) is 0 Å². The van der Waals surface area contributed by atoms with Crippen molar-refractivity contribution >= 4 is 17.7 Å². The molecule has 56 valence electrons. The summed E-state index contributed by atoms with van der Waals surface area (Å²) in [5, 5.41) is 8.16. The molecule has 0 saturated carbocycles. The Morgan fingerprint density at radius 2 is 2.10 bits per heavy atom. The number of primary amides is 1. The minimum atomic E-state index is -1.03. The van der Waals surface area contributed by atoms with Crippen LogP contribution in [0.5, 0.6) is 0 Å². The molecule has 0 fully saturated rings. The molecule has 0 aromatic rings. The number of carboxylic acids is 1. The van der Waals surface area contributed by atoms with E-state index in [1.807, 2.05) is 0 Å². The third kappa shape index (κ3) is 4.76. The van der Waals surface area contributed by atoms with Crippen LogP contribution in [0.4, 0.5) is 4.79 Å². The Hall–Kier alpha value is -1.39. The highest BCUT2D eigenvalue weighted by Crippen LogP contribution is 1.85. The number of rotatable bonds is 2. The van der Waals surface area contributed by atoms with Gasteiger partial charge in [-0.25, -0.2) is 9.79 Å². The molecule has 0 unspecified atom stereocenters. The van der Waals surface area contributed by atoms with Gasteiger partial charge < -0.3 is 10.8 Å². The molecular weight excluding hydrogens is 136 g/mol. The van der Waals surface area contributed by atoms with Gasteiger partial charge in [-0.3, -0.25) is 4.79 Å². The van der Waals surface area contributed by atoms with Crippen molar-refractivity contribution in [2.45, 2.75) is 13.3 Å². The fourth-order valence-electron chi connectivity index (χ4n) is 0.446. The molecule has 0 heterocycles. The van der Waals surface area contributed by atoms with Crippen molar-refractivity contribution in [3.8, 4) is 0 Å². The Bertz CT molecular complexity index is 185. The maximum absolute atomic E-state index is 10.0. The van der Waals surface area contributed by atoms with E-state index in [0.717, 1.165) is 0 Å². The molecule has 0 atom stereocenters. The molecule has 5 heteroatoms. The van der Waals surface area contributed by atoms with Gasteiger partial charge in [0, 0.05) is 5.71 Å². The van der Waals surface area contributed by atoms with Crippen molar-refractivity contribution in [3.63, 3.8) is 0 Å². The quantitative estimate of drug-likeness (QED) is 0.534. The average molecular weight is 144 g/mol. The molecule has 0 aromatic carbocycles. The summed E-state index contributed by atoms with van der Waals surface area (Å²) in [6, 6.07) is -0.862. The Labute approximate surface area is 57.6 Å². The number of carboxylic acid groups (broad SMARTS) is 1. The lowest BCUT2D eigenvalue weighted by atomic mass is 10.3. The van der Waals surface area contributed by atoms with Crippen molar-refractivity contribution < 1.29 is 14.7 Å². The van der Waals surface area contributed by atoms with Crippen LogP contribution in [0, 0.1) is 0 Å². The highest BCUT2D eigenvalue weighted by atomic mass is 16.4. The third-order valence-electron chi connectivity index (χ3n) is 0.708.